The Morgan fingerprint density at radius 1 is 1.37 bits per heavy atom. The topological polar surface area (TPSA) is 68.0 Å². The number of pyridine rings is 1. The second kappa shape index (κ2) is 5.84. The van der Waals surface area contributed by atoms with Crippen LogP contribution in [-0.2, 0) is 0 Å². The van der Waals surface area contributed by atoms with Gasteiger partial charge in [0, 0.05) is 4.88 Å². The molecule has 0 bridgehead atoms. The van der Waals surface area contributed by atoms with E-state index in [9.17, 15) is 4.79 Å². The summed E-state index contributed by atoms with van der Waals surface area (Å²) >= 11 is 1.64. The predicted molar refractivity (Wildman–Crippen MR) is 78.0 cm³/mol. The molecule has 0 fully saturated rings. The molecule has 2 rings (SSSR count). The third-order valence-electron chi connectivity index (χ3n) is 2.82. The van der Waals surface area contributed by atoms with Gasteiger partial charge in [-0.1, -0.05) is 19.9 Å². The highest BCUT2D eigenvalue weighted by atomic mass is 32.1. The average molecular weight is 275 g/mol. The molecule has 19 heavy (non-hydrogen) atoms. The van der Waals surface area contributed by atoms with Gasteiger partial charge < -0.3 is 11.1 Å². The molecule has 0 saturated carbocycles. The zero-order valence-corrected chi connectivity index (χ0v) is 11.8. The van der Waals surface area contributed by atoms with Gasteiger partial charge in [0.05, 0.1) is 17.9 Å². The maximum atomic E-state index is 12.2. The van der Waals surface area contributed by atoms with Crippen LogP contribution in [0.1, 0.15) is 35.3 Å². The molecule has 1 amide bonds. The maximum absolute atomic E-state index is 12.2. The summed E-state index contributed by atoms with van der Waals surface area (Å²) in [5, 5.41) is 5.04. The summed E-state index contributed by atoms with van der Waals surface area (Å²) in [7, 11) is 0. The monoisotopic (exact) mass is 275 g/mol. The average Bonchev–Trinajstić information content (AvgIpc) is 2.89. The largest absolute Gasteiger partial charge is 0.397 e. The quantitative estimate of drug-likeness (QED) is 0.901. The Balaban J connectivity index is 2.14. The van der Waals surface area contributed by atoms with Gasteiger partial charge in [-0.15, -0.1) is 11.3 Å². The number of thiophene rings is 1. The number of nitrogens with one attached hydrogen (secondary N) is 1. The van der Waals surface area contributed by atoms with E-state index in [1.165, 1.54) is 6.20 Å². The van der Waals surface area contributed by atoms with E-state index in [1.807, 2.05) is 17.5 Å². The standard InChI is InChI=1S/C14H17N3OS/c1-9(2)13(12-4-3-7-19-12)17-14(18)11-6-5-10(15)8-16-11/h3-9,13H,15H2,1-2H3,(H,17,18). The fourth-order valence-corrected chi connectivity index (χ4v) is 2.74. The van der Waals surface area contributed by atoms with Gasteiger partial charge in [-0.3, -0.25) is 4.79 Å². The maximum Gasteiger partial charge on any atom is 0.270 e. The van der Waals surface area contributed by atoms with Gasteiger partial charge in [0.25, 0.3) is 5.91 Å². The zero-order chi connectivity index (χ0) is 13.8. The second-order valence-corrected chi connectivity index (χ2v) is 5.67. The van der Waals surface area contributed by atoms with Gasteiger partial charge in [-0.25, -0.2) is 4.98 Å². The number of rotatable bonds is 4. The Morgan fingerprint density at radius 2 is 2.16 bits per heavy atom. The minimum absolute atomic E-state index is 0.00635. The van der Waals surface area contributed by atoms with E-state index in [1.54, 1.807) is 23.5 Å². The Labute approximate surface area is 116 Å². The van der Waals surface area contributed by atoms with Crippen LogP contribution in [0.4, 0.5) is 5.69 Å². The molecule has 4 nitrogen and oxygen atoms in total. The molecule has 1 unspecified atom stereocenters. The van der Waals surface area contributed by atoms with E-state index < -0.39 is 0 Å². The van der Waals surface area contributed by atoms with Crippen molar-refractivity contribution >= 4 is 22.9 Å². The fourth-order valence-electron chi connectivity index (χ4n) is 1.79. The van der Waals surface area contributed by atoms with Crippen molar-refractivity contribution in [1.29, 1.82) is 0 Å². The number of aromatic nitrogens is 1. The third kappa shape index (κ3) is 3.32. The minimum Gasteiger partial charge on any atom is -0.397 e. The van der Waals surface area contributed by atoms with Gasteiger partial charge in [-0.2, -0.15) is 0 Å². The first-order chi connectivity index (χ1) is 9.08. The van der Waals surface area contributed by atoms with E-state index in [4.69, 9.17) is 5.73 Å². The van der Waals surface area contributed by atoms with Crippen molar-refractivity contribution in [3.63, 3.8) is 0 Å². The van der Waals surface area contributed by atoms with Gasteiger partial charge in [0.2, 0.25) is 0 Å². The number of hydrogen-bond acceptors (Lipinski definition) is 4. The van der Waals surface area contributed by atoms with Crippen LogP contribution in [0.15, 0.2) is 35.8 Å². The molecule has 100 valence electrons. The summed E-state index contributed by atoms with van der Waals surface area (Å²) in [6.07, 6.45) is 1.49. The molecule has 0 radical (unpaired) electrons. The number of anilines is 1. The van der Waals surface area contributed by atoms with Crippen LogP contribution in [0, 0.1) is 5.92 Å². The highest BCUT2D eigenvalue weighted by molar-refractivity contribution is 7.10. The fraction of sp³-hybridized carbons (Fsp3) is 0.286. The van der Waals surface area contributed by atoms with Crippen LogP contribution < -0.4 is 11.1 Å². The van der Waals surface area contributed by atoms with E-state index in [2.05, 4.69) is 24.1 Å². The van der Waals surface area contributed by atoms with Crippen LogP contribution in [-0.4, -0.2) is 10.9 Å². The Bertz CT molecular complexity index is 534. The molecule has 2 heterocycles. The molecule has 0 aliphatic heterocycles. The van der Waals surface area contributed by atoms with Crippen molar-refractivity contribution in [3.05, 3.63) is 46.4 Å². The predicted octanol–water partition coefficient (Wildman–Crippen LogP) is 2.85. The van der Waals surface area contributed by atoms with Gasteiger partial charge in [-0.05, 0) is 29.5 Å². The van der Waals surface area contributed by atoms with Crippen LogP contribution >= 0.6 is 11.3 Å². The number of nitrogens with two attached hydrogens (primary N) is 1. The molecule has 0 aliphatic carbocycles. The first kappa shape index (κ1) is 13.5. The molecule has 1 atom stereocenters. The number of carbonyl (C=O) groups excluding carboxylic acids is 1. The molecule has 0 aliphatic rings. The lowest BCUT2D eigenvalue weighted by Gasteiger charge is -2.21. The van der Waals surface area contributed by atoms with Crippen molar-refractivity contribution in [3.8, 4) is 0 Å². The minimum atomic E-state index is -0.174. The lowest BCUT2D eigenvalue weighted by molar-refractivity contribution is 0.0921. The molecule has 2 aromatic heterocycles. The summed E-state index contributed by atoms with van der Waals surface area (Å²) in [4.78, 5) is 17.3. The summed E-state index contributed by atoms with van der Waals surface area (Å²) in [5.74, 6) is 0.142. The van der Waals surface area contributed by atoms with Gasteiger partial charge >= 0.3 is 0 Å². The molecule has 5 heteroatoms. The first-order valence-electron chi connectivity index (χ1n) is 6.13. The lowest BCUT2D eigenvalue weighted by atomic mass is 10.0. The second-order valence-electron chi connectivity index (χ2n) is 4.69. The van der Waals surface area contributed by atoms with Crippen molar-refractivity contribution in [1.82, 2.24) is 10.3 Å². The lowest BCUT2D eigenvalue weighted by Crippen LogP contribution is -2.31. The number of hydrogen-bond donors (Lipinski definition) is 2. The smallest absolute Gasteiger partial charge is 0.270 e. The van der Waals surface area contributed by atoms with Crippen molar-refractivity contribution in [2.75, 3.05) is 5.73 Å². The highest BCUT2D eigenvalue weighted by Gasteiger charge is 2.20. The summed E-state index contributed by atoms with van der Waals surface area (Å²) < 4.78 is 0. The molecule has 2 aromatic rings. The zero-order valence-electron chi connectivity index (χ0n) is 11.0. The van der Waals surface area contributed by atoms with E-state index in [0.717, 1.165) is 4.88 Å². The van der Waals surface area contributed by atoms with Crippen LogP contribution in [0.25, 0.3) is 0 Å². The van der Waals surface area contributed by atoms with E-state index >= 15 is 0 Å². The normalized spacial score (nSPS) is 12.4. The number of nitrogen functional groups attached to an aromatic ring is 1. The van der Waals surface area contributed by atoms with Crippen molar-refractivity contribution < 1.29 is 4.79 Å². The summed E-state index contributed by atoms with van der Waals surface area (Å²) in [5.41, 5.74) is 6.50. The molecule has 3 N–H and O–H groups in total. The Kier molecular flexibility index (Phi) is 4.16. The van der Waals surface area contributed by atoms with Crippen LogP contribution in [0.2, 0.25) is 0 Å². The van der Waals surface area contributed by atoms with Crippen LogP contribution in [0.5, 0.6) is 0 Å². The van der Waals surface area contributed by atoms with Crippen molar-refractivity contribution in [2.24, 2.45) is 5.92 Å². The molecule has 0 saturated heterocycles. The number of amides is 1. The first-order valence-corrected chi connectivity index (χ1v) is 7.01. The van der Waals surface area contributed by atoms with Gasteiger partial charge in [0.15, 0.2) is 0 Å². The molecule has 0 aromatic carbocycles. The van der Waals surface area contributed by atoms with Gasteiger partial charge in [0.1, 0.15) is 5.69 Å². The third-order valence-corrected chi connectivity index (χ3v) is 3.78. The summed E-state index contributed by atoms with van der Waals surface area (Å²) in [6.45, 7) is 4.17. The Morgan fingerprint density at radius 3 is 2.68 bits per heavy atom. The molecular formula is C14H17N3OS. The van der Waals surface area contributed by atoms with Crippen LogP contribution in [0.3, 0.4) is 0 Å². The van der Waals surface area contributed by atoms with E-state index in [-0.39, 0.29) is 11.9 Å². The SMILES string of the molecule is CC(C)C(NC(=O)c1ccc(N)cn1)c1cccs1. The summed E-state index contributed by atoms with van der Waals surface area (Å²) in [6, 6.07) is 7.34. The number of nitrogens with zero attached hydrogens (tertiary/aromatic N) is 1. The highest BCUT2D eigenvalue weighted by Crippen LogP contribution is 2.26. The molecule has 0 spiro atoms. The Hall–Kier alpha value is -1.88. The van der Waals surface area contributed by atoms with E-state index in [0.29, 0.717) is 17.3 Å². The number of carbonyl (C=O) groups is 1. The van der Waals surface area contributed by atoms with Crippen molar-refractivity contribution in [2.45, 2.75) is 19.9 Å². The molecular weight excluding hydrogens is 258 g/mol.